The van der Waals surface area contributed by atoms with Crippen LogP contribution in [0.1, 0.15) is 0 Å². The van der Waals surface area contributed by atoms with E-state index < -0.39 is 0 Å². The average molecular weight is 222 g/mol. The van der Waals surface area contributed by atoms with Crippen LogP contribution in [0.5, 0.6) is 5.75 Å². The van der Waals surface area contributed by atoms with Crippen LogP contribution < -0.4 is 15.5 Å². The molecule has 2 rings (SSSR count). The maximum absolute atomic E-state index is 5.98. The van der Waals surface area contributed by atoms with Gasteiger partial charge in [0.25, 0.3) is 0 Å². The number of halogens is 1. The highest BCUT2D eigenvalue weighted by atomic mass is 35.5. The van der Waals surface area contributed by atoms with Crippen molar-refractivity contribution in [2.24, 2.45) is 4.99 Å². The van der Waals surface area contributed by atoms with Crippen molar-refractivity contribution in [2.45, 2.75) is 0 Å². The fourth-order valence-corrected chi connectivity index (χ4v) is 1.53. The Hall–Kier alpha value is -1.16. The SMILES string of the molecule is Bc1ccc(OCC2=NCCN2)cc1Cl. The van der Waals surface area contributed by atoms with Crippen molar-refractivity contribution < 1.29 is 4.74 Å². The monoisotopic (exact) mass is 222 g/mol. The summed E-state index contributed by atoms with van der Waals surface area (Å²) in [4.78, 5) is 4.24. The van der Waals surface area contributed by atoms with Gasteiger partial charge in [0, 0.05) is 11.6 Å². The summed E-state index contributed by atoms with van der Waals surface area (Å²) in [7, 11) is 1.97. The molecule has 1 heterocycles. The largest absolute Gasteiger partial charge is 0.486 e. The smallest absolute Gasteiger partial charge is 0.145 e. The van der Waals surface area contributed by atoms with E-state index in [2.05, 4.69) is 10.3 Å². The lowest BCUT2D eigenvalue weighted by molar-refractivity contribution is 0.373. The van der Waals surface area contributed by atoms with Crippen LogP contribution in [-0.4, -0.2) is 33.4 Å². The second-order valence-electron chi connectivity index (χ2n) is 3.45. The van der Waals surface area contributed by atoms with Crippen LogP contribution in [-0.2, 0) is 0 Å². The average Bonchev–Trinajstić information content (AvgIpc) is 2.73. The third-order valence-electron chi connectivity index (χ3n) is 2.26. The molecule has 0 amide bonds. The van der Waals surface area contributed by atoms with E-state index in [1.165, 1.54) is 0 Å². The highest BCUT2D eigenvalue weighted by molar-refractivity contribution is 6.45. The molecule has 1 aliphatic heterocycles. The van der Waals surface area contributed by atoms with Crippen LogP contribution in [0.15, 0.2) is 23.2 Å². The van der Waals surface area contributed by atoms with Gasteiger partial charge in [-0.3, -0.25) is 4.99 Å². The molecule has 0 aromatic heterocycles. The molecule has 78 valence electrons. The molecule has 0 bridgehead atoms. The number of benzene rings is 1. The van der Waals surface area contributed by atoms with Crippen molar-refractivity contribution in [3.63, 3.8) is 0 Å². The van der Waals surface area contributed by atoms with Crippen molar-refractivity contribution in [3.8, 4) is 5.75 Å². The van der Waals surface area contributed by atoms with Crippen molar-refractivity contribution >= 4 is 30.7 Å². The molecule has 0 saturated heterocycles. The molecule has 1 aromatic carbocycles. The highest BCUT2D eigenvalue weighted by Crippen LogP contribution is 2.14. The Bertz CT molecular complexity index is 395. The molecule has 15 heavy (non-hydrogen) atoms. The molecule has 0 spiro atoms. The van der Waals surface area contributed by atoms with Gasteiger partial charge in [0.15, 0.2) is 0 Å². The Morgan fingerprint density at radius 1 is 1.53 bits per heavy atom. The van der Waals surface area contributed by atoms with E-state index in [4.69, 9.17) is 16.3 Å². The van der Waals surface area contributed by atoms with Gasteiger partial charge in [-0.25, -0.2) is 0 Å². The fourth-order valence-electron chi connectivity index (χ4n) is 1.36. The molecule has 0 unspecified atom stereocenters. The zero-order valence-electron chi connectivity index (χ0n) is 8.59. The predicted octanol–water partition coefficient (Wildman–Crippen LogP) is -0.0211. The third-order valence-corrected chi connectivity index (χ3v) is 2.67. The molecule has 0 radical (unpaired) electrons. The first kappa shape index (κ1) is 10.4. The lowest BCUT2D eigenvalue weighted by Crippen LogP contribution is -2.24. The van der Waals surface area contributed by atoms with Gasteiger partial charge in [-0.05, 0) is 12.1 Å². The summed E-state index contributed by atoms with van der Waals surface area (Å²) in [6, 6.07) is 5.69. The van der Waals surface area contributed by atoms with Crippen molar-refractivity contribution in [1.82, 2.24) is 5.32 Å². The standard InChI is InChI=1S/C10H12BClN2O/c11-8-2-1-7(5-9(8)12)15-6-10-13-3-4-14-10/h1-2,5H,3-4,6,11H2,(H,13,14). The van der Waals surface area contributed by atoms with E-state index in [-0.39, 0.29) is 0 Å². The topological polar surface area (TPSA) is 33.6 Å². The van der Waals surface area contributed by atoms with Gasteiger partial charge < -0.3 is 10.1 Å². The van der Waals surface area contributed by atoms with Crippen LogP contribution >= 0.6 is 11.6 Å². The molecule has 1 aromatic rings. The van der Waals surface area contributed by atoms with E-state index >= 15 is 0 Å². The number of hydrogen-bond acceptors (Lipinski definition) is 3. The Balaban J connectivity index is 1.96. The fraction of sp³-hybridized carbons (Fsp3) is 0.300. The van der Waals surface area contributed by atoms with E-state index in [0.29, 0.717) is 6.61 Å². The first-order valence-electron chi connectivity index (χ1n) is 4.92. The van der Waals surface area contributed by atoms with E-state index in [1.807, 2.05) is 26.0 Å². The molecule has 1 aliphatic rings. The van der Waals surface area contributed by atoms with Gasteiger partial charge in [-0.2, -0.15) is 0 Å². The summed E-state index contributed by atoms with van der Waals surface area (Å²) in [5.74, 6) is 1.69. The molecule has 5 heteroatoms. The van der Waals surface area contributed by atoms with E-state index in [1.54, 1.807) is 0 Å². The zero-order chi connectivity index (χ0) is 10.7. The number of nitrogens with one attached hydrogen (secondary N) is 1. The first-order chi connectivity index (χ1) is 7.25. The lowest BCUT2D eigenvalue weighted by atomic mass is 9.96. The van der Waals surface area contributed by atoms with Gasteiger partial charge in [0.2, 0.25) is 0 Å². The number of amidine groups is 1. The molecular formula is C10H12BClN2O. The second kappa shape index (κ2) is 4.58. The molecule has 0 aliphatic carbocycles. The second-order valence-corrected chi connectivity index (χ2v) is 3.86. The van der Waals surface area contributed by atoms with Crippen LogP contribution in [0.4, 0.5) is 0 Å². The number of ether oxygens (including phenoxy) is 1. The maximum atomic E-state index is 5.98. The number of rotatable bonds is 3. The summed E-state index contributed by atoms with van der Waals surface area (Å²) >= 11 is 5.98. The molecule has 0 fully saturated rings. The summed E-state index contributed by atoms with van der Waals surface area (Å²) < 4.78 is 5.55. The Kier molecular flexibility index (Phi) is 3.16. The minimum Gasteiger partial charge on any atom is -0.486 e. The minimum absolute atomic E-state index is 0.486. The maximum Gasteiger partial charge on any atom is 0.145 e. The van der Waals surface area contributed by atoms with Gasteiger partial charge in [-0.1, -0.05) is 23.1 Å². The van der Waals surface area contributed by atoms with Gasteiger partial charge in [0.05, 0.1) is 6.54 Å². The molecular weight excluding hydrogens is 210 g/mol. The minimum atomic E-state index is 0.486. The normalized spacial score (nSPS) is 14.6. The molecule has 0 saturated carbocycles. The number of hydrogen-bond donors (Lipinski definition) is 1. The summed E-state index contributed by atoms with van der Waals surface area (Å²) in [6.07, 6.45) is 0. The highest BCUT2D eigenvalue weighted by Gasteiger charge is 2.05. The van der Waals surface area contributed by atoms with Gasteiger partial charge in [-0.15, -0.1) is 0 Å². The number of nitrogens with zero attached hydrogens (tertiary/aromatic N) is 1. The van der Waals surface area contributed by atoms with Crippen molar-refractivity contribution in [2.75, 3.05) is 19.7 Å². The lowest BCUT2D eigenvalue weighted by Gasteiger charge is -2.07. The van der Waals surface area contributed by atoms with E-state index in [9.17, 15) is 0 Å². The van der Waals surface area contributed by atoms with Gasteiger partial charge >= 0.3 is 0 Å². The molecule has 1 N–H and O–H groups in total. The van der Waals surface area contributed by atoms with Crippen molar-refractivity contribution in [1.29, 1.82) is 0 Å². The van der Waals surface area contributed by atoms with Crippen LogP contribution in [0.3, 0.4) is 0 Å². The zero-order valence-corrected chi connectivity index (χ0v) is 9.34. The summed E-state index contributed by atoms with van der Waals surface area (Å²) in [5, 5.41) is 3.88. The summed E-state index contributed by atoms with van der Waals surface area (Å²) in [5.41, 5.74) is 1.06. The third kappa shape index (κ3) is 2.66. The van der Waals surface area contributed by atoms with Crippen LogP contribution in [0.25, 0.3) is 0 Å². The Morgan fingerprint density at radius 3 is 3.07 bits per heavy atom. The molecule has 3 nitrogen and oxygen atoms in total. The van der Waals surface area contributed by atoms with Crippen LogP contribution in [0, 0.1) is 0 Å². The van der Waals surface area contributed by atoms with Crippen LogP contribution in [0.2, 0.25) is 5.02 Å². The predicted molar refractivity (Wildman–Crippen MR) is 65.4 cm³/mol. The Morgan fingerprint density at radius 2 is 2.40 bits per heavy atom. The number of aliphatic imine (C=N–C) groups is 1. The van der Waals surface area contributed by atoms with Gasteiger partial charge in [0.1, 0.15) is 26.0 Å². The van der Waals surface area contributed by atoms with E-state index in [0.717, 1.165) is 35.2 Å². The Labute approximate surface area is 94.9 Å². The van der Waals surface area contributed by atoms with Crippen molar-refractivity contribution in [3.05, 3.63) is 23.2 Å². The molecule has 0 atom stereocenters. The summed E-state index contributed by atoms with van der Waals surface area (Å²) in [6.45, 7) is 2.24. The first-order valence-corrected chi connectivity index (χ1v) is 5.29. The quantitative estimate of drug-likeness (QED) is 0.729.